The molecule has 0 saturated carbocycles. The largest absolute Gasteiger partial charge is 0.272 e. The van der Waals surface area contributed by atoms with E-state index in [1.54, 1.807) is 18.2 Å². The number of benzene rings is 2. The molecule has 3 nitrogen and oxygen atoms in total. The van der Waals surface area contributed by atoms with Crippen molar-refractivity contribution in [3.05, 3.63) is 74.8 Å². The van der Waals surface area contributed by atoms with E-state index >= 15 is 0 Å². The first kappa shape index (κ1) is 14.5. The second kappa shape index (κ2) is 6.06. The molecule has 0 fully saturated rings. The van der Waals surface area contributed by atoms with Crippen LogP contribution in [0.2, 0.25) is 0 Å². The molecule has 0 heterocycles. The predicted molar refractivity (Wildman–Crippen MR) is 81.3 cm³/mol. The molecule has 104 valence electrons. The Morgan fingerprint density at radius 3 is 2.60 bits per heavy atom. The van der Waals surface area contributed by atoms with Crippen molar-refractivity contribution < 1.29 is 4.92 Å². The molecule has 0 aromatic heterocycles. The fourth-order valence-corrected chi connectivity index (χ4v) is 2.66. The van der Waals surface area contributed by atoms with Crippen molar-refractivity contribution in [3.63, 3.8) is 0 Å². The second-order valence-electron chi connectivity index (χ2n) is 4.92. The molecular weight excluding hydrogens is 274 g/mol. The summed E-state index contributed by atoms with van der Waals surface area (Å²) < 4.78 is 0. The van der Waals surface area contributed by atoms with Crippen LogP contribution in [0, 0.1) is 24.0 Å². The van der Waals surface area contributed by atoms with Crippen LogP contribution in [0.1, 0.15) is 27.6 Å². The summed E-state index contributed by atoms with van der Waals surface area (Å²) in [6, 6.07) is 12.9. The van der Waals surface area contributed by atoms with Gasteiger partial charge in [-0.3, -0.25) is 10.1 Å². The summed E-state index contributed by atoms with van der Waals surface area (Å²) in [4.78, 5) is 10.7. The van der Waals surface area contributed by atoms with Crippen LogP contribution >= 0.6 is 11.6 Å². The third kappa shape index (κ3) is 3.17. The van der Waals surface area contributed by atoms with E-state index in [-0.39, 0.29) is 16.0 Å². The Labute approximate surface area is 123 Å². The van der Waals surface area contributed by atoms with Gasteiger partial charge < -0.3 is 0 Å². The van der Waals surface area contributed by atoms with Crippen LogP contribution in [0.4, 0.5) is 5.69 Å². The average Bonchev–Trinajstić information content (AvgIpc) is 2.41. The molecule has 20 heavy (non-hydrogen) atoms. The van der Waals surface area contributed by atoms with Gasteiger partial charge in [-0.05, 0) is 31.4 Å². The standard InChI is InChI=1S/C16H16ClNO2/c1-11-7-8-12(2)14(9-11)15(17)10-13-5-3-4-6-16(13)18(19)20/h3-9,15H,10H2,1-2H3. The van der Waals surface area contributed by atoms with Crippen molar-refractivity contribution in [1.82, 2.24) is 0 Å². The number of hydrogen-bond acceptors (Lipinski definition) is 2. The van der Waals surface area contributed by atoms with Gasteiger partial charge in [-0.15, -0.1) is 11.6 Å². The molecule has 2 rings (SSSR count). The van der Waals surface area contributed by atoms with Gasteiger partial charge in [0.1, 0.15) is 0 Å². The van der Waals surface area contributed by atoms with Gasteiger partial charge in [0.05, 0.1) is 10.3 Å². The van der Waals surface area contributed by atoms with E-state index in [1.165, 1.54) is 6.07 Å². The number of para-hydroxylation sites is 1. The van der Waals surface area contributed by atoms with E-state index in [0.29, 0.717) is 12.0 Å². The van der Waals surface area contributed by atoms with Crippen LogP contribution in [0.5, 0.6) is 0 Å². The first-order valence-electron chi connectivity index (χ1n) is 6.42. The fourth-order valence-electron chi connectivity index (χ4n) is 2.26. The molecule has 0 aliphatic heterocycles. The molecular formula is C16H16ClNO2. The highest BCUT2D eigenvalue weighted by Gasteiger charge is 2.18. The van der Waals surface area contributed by atoms with Gasteiger partial charge in [0, 0.05) is 11.6 Å². The van der Waals surface area contributed by atoms with Crippen LogP contribution in [0.15, 0.2) is 42.5 Å². The lowest BCUT2D eigenvalue weighted by atomic mass is 9.97. The summed E-state index contributed by atoms with van der Waals surface area (Å²) in [6.07, 6.45) is 0.447. The Kier molecular flexibility index (Phi) is 4.40. The molecule has 4 heteroatoms. The molecule has 0 N–H and O–H groups in total. The number of alkyl halides is 1. The Morgan fingerprint density at radius 1 is 1.20 bits per heavy atom. The summed E-state index contributed by atoms with van der Waals surface area (Å²) in [5.41, 5.74) is 4.07. The third-order valence-corrected chi connectivity index (χ3v) is 3.75. The third-order valence-electron chi connectivity index (χ3n) is 3.36. The number of nitro groups is 1. The zero-order valence-corrected chi connectivity index (χ0v) is 12.2. The van der Waals surface area contributed by atoms with E-state index in [9.17, 15) is 10.1 Å². The highest BCUT2D eigenvalue weighted by Crippen LogP contribution is 2.31. The maximum atomic E-state index is 11.0. The summed E-state index contributed by atoms with van der Waals surface area (Å²) in [7, 11) is 0. The lowest BCUT2D eigenvalue weighted by Gasteiger charge is -2.14. The SMILES string of the molecule is Cc1ccc(C)c(C(Cl)Cc2ccccc2[N+](=O)[O-])c1. The van der Waals surface area contributed by atoms with Crippen LogP contribution in [0.3, 0.4) is 0 Å². The first-order chi connectivity index (χ1) is 9.49. The van der Waals surface area contributed by atoms with Crippen LogP contribution in [-0.4, -0.2) is 4.92 Å². The summed E-state index contributed by atoms with van der Waals surface area (Å²) >= 11 is 6.47. The van der Waals surface area contributed by atoms with Gasteiger partial charge >= 0.3 is 0 Å². The second-order valence-corrected chi connectivity index (χ2v) is 5.44. The molecule has 0 spiro atoms. The highest BCUT2D eigenvalue weighted by molar-refractivity contribution is 6.21. The molecule has 0 amide bonds. The normalized spacial score (nSPS) is 12.2. The number of rotatable bonds is 4. The van der Waals surface area contributed by atoms with Crippen molar-refractivity contribution in [2.75, 3.05) is 0 Å². The maximum Gasteiger partial charge on any atom is 0.272 e. The van der Waals surface area contributed by atoms with Gasteiger partial charge in [0.2, 0.25) is 0 Å². The minimum Gasteiger partial charge on any atom is -0.258 e. The number of hydrogen-bond donors (Lipinski definition) is 0. The lowest BCUT2D eigenvalue weighted by Crippen LogP contribution is -2.02. The number of aryl methyl sites for hydroxylation is 2. The Balaban J connectivity index is 2.30. The minimum atomic E-state index is -0.359. The Hall–Kier alpha value is -1.87. The number of halogens is 1. The summed E-state index contributed by atoms with van der Waals surface area (Å²) in [5.74, 6) is 0. The lowest BCUT2D eigenvalue weighted by molar-refractivity contribution is -0.385. The molecule has 1 atom stereocenters. The van der Waals surface area contributed by atoms with Crippen LogP contribution in [0.25, 0.3) is 0 Å². The van der Waals surface area contributed by atoms with Crippen molar-refractivity contribution in [1.29, 1.82) is 0 Å². The summed E-state index contributed by atoms with van der Waals surface area (Å²) in [6.45, 7) is 4.01. The van der Waals surface area contributed by atoms with Crippen molar-refractivity contribution >= 4 is 17.3 Å². The number of nitro benzene ring substituents is 1. The van der Waals surface area contributed by atoms with Gasteiger partial charge in [0.15, 0.2) is 0 Å². The molecule has 0 aliphatic rings. The molecule has 0 bridgehead atoms. The van der Waals surface area contributed by atoms with E-state index in [2.05, 4.69) is 0 Å². The predicted octanol–water partition coefficient (Wildman–Crippen LogP) is 4.73. The van der Waals surface area contributed by atoms with E-state index in [0.717, 1.165) is 16.7 Å². The molecule has 1 unspecified atom stereocenters. The topological polar surface area (TPSA) is 43.1 Å². The minimum absolute atomic E-state index is 0.128. The zero-order chi connectivity index (χ0) is 14.7. The van der Waals surface area contributed by atoms with E-state index < -0.39 is 0 Å². The van der Waals surface area contributed by atoms with Crippen molar-refractivity contribution in [2.24, 2.45) is 0 Å². The summed E-state index contributed by atoms with van der Waals surface area (Å²) in [5, 5.41) is 10.8. The van der Waals surface area contributed by atoms with E-state index in [4.69, 9.17) is 11.6 Å². The number of nitrogens with zero attached hydrogens (tertiary/aromatic N) is 1. The van der Waals surface area contributed by atoms with Gasteiger partial charge in [-0.25, -0.2) is 0 Å². The molecule has 2 aromatic carbocycles. The van der Waals surface area contributed by atoms with E-state index in [1.807, 2.05) is 32.0 Å². The molecule has 0 saturated heterocycles. The first-order valence-corrected chi connectivity index (χ1v) is 6.86. The quantitative estimate of drug-likeness (QED) is 0.464. The molecule has 0 aliphatic carbocycles. The van der Waals surface area contributed by atoms with Crippen molar-refractivity contribution in [3.8, 4) is 0 Å². The van der Waals surface area contributed by atoms with Crippen molar-refractivity contribution in [2.45, 2.75) is 25.6 Å². The van der Waals surface area contributed by atoms with Gasteiger partial charge in [-0.1, -0.05) is 42.0 Å². The Morgan fingerprint density at radius 2 is 1.90 bits per heavy atom. The van der Waals surface area contributed by atoms with Gasteiger partial charge in [0.25, 0.3) is 5.69 Å². The zero-order valence-electron chi connectivity index (χ0n) is 11.5. The molecule has 0 radical (unpaired) electrons. The fraction of sp³-hybridized carbons (Fsp3) is 0.250. The maximum absolute atomic E-state index is 11.0. The van der Waals surface area contributed by atoms with Crippen LogP contribution in [-0.2, 0) is 6.42 Å². The smallest absolute Gasteiger partial charge is 0.258 e. The molecule has 2 aromatic rings. The van der Waals surface area contributed by atoms with Gasteiger partial charge in [-0.2, -0.15) is 0 Å². The monoisotopic (exact) mass is 289 g/mol. The average molecular weight is 290 g/mol. The Bertz CT molecular complexity index is 640. The highest BCUT2D eigenvalue weighted by atomic mass is 35.5. The van der Waals surface area contributed by atoms with Crippen LogP contribution < -0.4 is 0 Å².